The molecule has 2 atom stereocenters. The number of benzene rings is 3. The Labute approximate surface area is 334 Å². The Morgan fingerprint density at radius 1 is 0.948 bits per heavy atom. The molecule has 5 amide bonds. The number of H-pyrrole nitrogens is 1. The van der Waals surface area contributed by atoms with E-state index in [0.717, 1.165) is 12.8 Å². The number of ether oxygens (including phenoxy) is 1. The van der Waals surface area contributed by atoms with E-state index in [9.17, 15) is 29.1 Å². The summed E-state index contributed by atoms with van der Waals surface area (Å²) in [4.78, 5) is 65.1. The minimum absolute atomic E-state index is 0.132. The van der Waals surface area contributed by atoms with Crippen LogP contribution in [0, 0.1) is 17.7 Å². The van der Waals surface area contributed by atoms with E-state index in [1.54, 1.807) is 81.4 Å². The second-order valence-electron chi connectivity index (χ2n) is 15.7. The molecule has 3 aromatic carbocycles. The van der Waals surface area contributed by atoms with E-state index in [0.29, 0.717) is 54.0 Å². The predicted octanol–water partition coefficient (Wildman–Crippen LogP) is 5.15. The van der Waals surface area contributed by atoms with E-state index >= 15 is 4.39 Å². The van der Waals surface area contributed by atoms with Crippen LogP contribution in [-0.2, 0) is 20.7 Å². The first-order valence-electron chi connectivity index (χ1n) is 19.3. The average molecular weight is 798 g/mol. The molecule has 1 aliphatic carbocycles. The number of carbonyl (C=O) groups is 5. The van der Waals surface area contributed by atoms with Crippen molar-refractivity contribution in [3.63, 3.8) is 0 Å². The highest BCUT2D eigenvalue weighted by molar-refractivity contribution is 5.98. The molecule has 4 aromatic rings. The topological polar surface area (TPSA) is 221 Å². The summed E-state index contributed by atoms with van der Waals surface area (Å²) >= 11 is 0. The highest BCUT2D eigenvalue weighted by Gasteiger charge is 2.31. The molecule has 0 spiro atoms. The molecule has 1 saturated heterocycles. The number of aromatic nitrogens is 4. The first-order valence-corrected chi connectivity index (χ1v) is 19.3. The standard InChI is InChI=1S/C41H48FN9O7/c1-41(2,3)58-39(55)43-22-25-9-13-28(14-10-25)36(52)46-33(38(54)44-29-17-15-27(16-18-29)35-47-49-50-48-35)21-24-7-11-26(12-8-24)31-5-4-6-32(34(31)42)37(53)45-30-19-20-51(23-30)40(56)57/h4-8,11-12,15-18,25,28,30,33H,9-10,13-14,19-23H2,1-3H3,(H,43,55)(H,44,54)(H,45,53)(H,46,52)(H,56,57)(H,47,48,49,50)/t25-,28-,30-,33+/m1/s1. The molecule has 306 valence electrons. The Morgan fingerprint density at radius 3 is 2.29 bits per heavy atom. The lowest BCUT2D eigenvalue weighted by Crippen LogP contribution is -2.48. The molecule has 2 aliphatic rings. The van der Waals surface area contributed by atoms with Gasteiger partial charge in [-0.05, 0) is 105 Å². The number of nitrogens with zero attached hydrogens (tertiary/aromatic N) is 4. The zero-order chi connectivity index (χ0) is 41.4. The van der Waals surface area contributed by atoms with Gasteiger partial charge in [0, 0.05) is 54.8 Å². The van der Waals surface area contributed by atoms with Crippen molar-refractivity contribution in [1.82, 2.24) is 41.5 Å². The van der Waals surface area contributed by atoms with E-state index in [4.69, 9.17) is 4.74 Å². The van der Waals surface area contributed by atoms with Gasteiger partial charge in [-0.25, -0.2) is 14.0 Å². The number of amides is 5. The number of hydrogen-bond donors (Lipinski definition) is 6. The molecule has 0 unspecified atom stereocenters. The molecule has 2 fully saturated rings. The predicted molar refractivity (Wildman–Crippen MR) is 211 cm³/mol. The van der Waals surface area contributed by atoms with Crippen LogP contribution in [0.3, 0.4) is 0 Å². The van der Waals surface area contributed by atoms with Gasteiger partial charge in [0.15, 0.2) is 0 Å². The summed E-state index contributed by atoms with van der Waals surface area (Å²) in [5.74, 6) is -1.75. The van der Waals surface area contributed by atoms with Crippen molar-refractivity contribution in [3.05, 3.63) is 83.7 Å². The molecule has 1 aromatic heterocycles. The maximum Gasteiger partial charge on any atom is 0.407 e. The van der Waals surface area contributed by atoms with Crippen LogP contribution in [0.5, 0.6) is 0 Å². The van der Waals surface area contributed by atoms with Gasteiger partial charge in [0.1, 0.15) is 17.5 Å². The maximum atomic E-state index is 15.8. The number of halogens is 1. The number of carboxylic acid groups (broad SMARTS) is 1. The molecule has 58 heavy (non-hydrogen) atoms. The number of anilines is 1. The molecule has 0 radical (unpaired) electrons. The fourth-order valence-electron chi connectivity index (χ4n) is 7.19. The smallest absolute Gasteiger partial charge is 0.407 e. The minimum atomic E-state index is -1.07. The van der Waals surface area contributed by atoms with Crippen molar-refractivity contribution in [1.29, 1.82) is 0 Å². The Balaban J connectivity index is 1.12. The van der Waals surface area contributed by atoms with Crippen molar-refractivity contribution in [3.8, 4) is 22.5 Å². The summed E-state index contributed by atoms with van der Waals surface area (Å²) in [6, 6.07) is 16.9. The number of likely N-dealkylation sites (tertiary alicyclic amines) is 1. The van der Waals surface area contributed by atoms with Gasteiger partial charge in [0.25, 0.3) is 5.91 Å². The number of rotatable bonds is 12. The van der Waals surface area contributed by atoms with Crippen LogP contribution >= 0.6 is 0 Å². The number of aromatic amines is 1. The van der Waals surface area contributed by atoms with Crippen LogP contribution in [0.1, 0.15) is 68.8 Å². The monoisotopic (exact) mass is 797 g/mol. The molecule has 6 N–H and O–H groups in total. The molecular formula is C41H48FN9O7. The van der Waals surface area contributed by atoms with Crippen LogP contribution in [-0.4, -0.2) is 97.9 Å². The first kappa shape index (κ1) is 41.2. The molecule has 17 heteroatoms. The van der Waals surface area contributed by atoms with Crippen LogP contribution in [0.15, 0.2) is 66.7 Å². The summed E-state index contributed by atoms with van der Waals surface area (Å²) in [7, 11) is 0. The van der Waals surface area contributed by atoms with Crippen molar-refractivity contribution in [2.75, 3.05) is 25.0 Å². The SMILES string of the molecule is CC(C)(C)OC(=O)NC[C@H]1CC[C@H](C(=O)N[C@@H](Cc2ccc(-c3cccc(C(=O)N[C@@H]4CCN(C(=O)O)C4)c3F)cc2)C(=O)Nc2ccc(-c3nn[nH]n3)cc2)CC1. The second-order valence-corrected chi connectivity index (χ2v) is 15.7. The average Bonchev–Trinajstić information content (AvgIpc) is 3.91. The lowest BCUT2D eigenvalue weighted by molar-refractivity contribution is -0.130. The third kappa shape index (κ3) is 10.9. The van der Waals surface area contributed by atoms with Gasteiger partial charge in [-0.2, -0.15) is 5.21 Å². The van der Waals surface area contributed by atoms with Crippen molar-refractivity contribution < 1.29 is 38.2 Å². The Kier molecular flexibility index (Phi) is 13.0. The molecular weight excluding hydrogens is 750 g/mol. The van der Waals surface area contributed by atoms with E-state index in [2.05, 4.69) is 41.9 Å². The van der Waals surface area contributed by atoms with Gasteiger partial charge in [-0.15, -0.1) is 10.2 Å². The highest BCUT2D eigenvalue weighted by atomic mass is 19.1. The van der Waals surface area contributed by atoms with E-state index < -0.39 is 47.5 Å². The van der Waals surface area contributed by atoms with Crippen molar-refractivity contribution in [2.24, 2.45) is 11.8 Å². The Morgan fingerprint density at radius 2 is 1.66 bits per heavy atom. The third-order valence-corrected chi connectivity index (χ3v) is 10.3. The molecule has 1 aliphatic heterocycles. The lowest BCUT2D eigenvalue weighted by atomic mass is 9.81. The number of tetrazole rings is 1. The Hall–Kier alpha value is -6.39. The zero-order valence-electron chi connectivity index (χ0n) is 32.6. The zero-order valence-corrected chi connectivity index (χ0v) is 32.6. The minimum Gasteiger partial charge on any atom is -0.465 e. The molecule has 16 nitrogen and oxygen atoms in total. The second kappa shape index (κ2) is 18.3. The maximum absolute atomic E-state index is 15.8. The quantitative estimate of drug-likeness (QED) is 0.111. The van der Waals surface area contributed by atoms with Crippen molar-refractivity contribution in [2.45, 2.75) is 77.0 Å². The number of carbonyl (C=O) groups excluding carboxylic acids is 4. The van der Waals surface area contributed by atoms with Gasteiger partial charge in [-0.1, -0.05) is 36.4 Å². The van der Waals surface area contributed by atoms with Gasteiger partial charge >= 0.3 is 12.2 Å². The molecule has 2 heterocycles. The molecule has 1 saturated carbocycles. The summed E-state index contributed by atoms with van der Waals surface area (Å²) in [5.41, 5.74) is 1.83. The van der Waals surface area contributed by atoms with Gasteiger partial charge in [-0.3, -0.25) is 14.4 Å². The number of nitrogens with one attached hydrogen (secondary N) is 5. The van der Waals surface area contributed by atoms with E-state index in [1.807, 2.05) is 0 Å². The summed E-state index contributed by atoms with van der Waals surface area (Å²) in [6.07, 6.45) is 1.66. The van der Waals surface area contributed by atoms with Crippen LogP contribution in [0.4, 0.5) is 19.7 Å². The van der Waals surface area contributed by atoms with Crippen LogP contribution < -0.4 is 21.3 Å². The third-order valence-electron chi connectivity index (χ3n) is 10.3. The summed E-state index contributed by atoms with van der Waals surface area (Å²) in [6.45, 7) is 6.27. The summed E-state index contributed by atoms with van der Waals surface area (Å²) in [5, 5.41) is 34.6. The number of hydrogen-bond acceptors (Lipinski definition) is 9. The highest BCUT2D eigenvalue weighted by Crippen LogP contribution is 2.30. The normalized spacial score (nSPS) is 18.5. The molecule has 6 rings (SSSR count). The largest absolute Gasteiger partial charge is 0.465 e. The molecule has 0 bridgehead atoms. The fourth-order valence-corrected chi connectivity index (χ4v) is 7.19. The number of alkyl carbamates (subject to hydrolysis) is 1. The van der Waals surface area contributed by atoms with Gasteiger partial charge < -0.3 is 36.0 Å². The van der Waals surface area contributed by atoms with Crippen LogP contribution in [0.25, 0.3) is 22.5 Å². The van der Waals surface area contributed by atoms with Gasteiger partial charge in [0.2, 0.25) is 17.6 Å². The van der Waals surface area contributed by atoms with Crippen molar-refractivity contribution >= 4 is 35.6 Å². The van der Waals surface area contributed by atoms with Crippen LogP contribution in [0.2, 0.25) is 0 Å². The first-order chi connectivity index (χ1) is 27.7. The fraction of sp³-hybridized carbons (Fsp3) is 0.415. The van der Waals surface area contributed by atoms with E-state index in [1.165, 1.54) is 11.0 Å². The Bertz CT molecular complexity index is 2080. The van der Waals surface area contributed by atoms with Gasteiger partial charge in [0.05, 0.1) is 5.56 Å². The summed E-state index contributed by atoms with van der Waals surface area (Å²) < 4.78 is 21.1. The van der Waals surface area contributed by atoms with E-state index in [-0.39, 0.29) is 48.4 Å². The lowest BCUT2D eigenvalue weighted by Gasteiger charge is -2.29.